The second kappa shape index (κ2) is 9.82. The molecule has 0 saturated carbocycles. The van der Waals surface area contributed by atoms with Crippen LogP contribution in [0.4, 0.5) is 10.5 Å². The molecular formula is C26H18ClN2O6-. The van der Waals surface area contributed by atoms with Crippen LogP contribution >= 0.6 is 11.6 Å². The molecule has 1 fully saturated rings. The largest absolute Gasteiger partial charge is 0.545 e. The molecule has 1 saturated heterocycles. The Hall–Kier alpha value is -4.43. The third-order valence-electron chi connectivity index (χ3n) is 5.32. The van der Waals surface area contributed by atoms with E-state index in [1.165, 1.54) is 24.3 Å². The highest BCUT2D eigenvalue weighted by Crippen LogP contribution is 2.29. The molecule has 35 heavy (non-hydrogen) atoms. The number of carboxylic acids is 1. The molecule has 3 aromatic carbocycles. The molecule has 0 bridgehead atoms. The lowest BCUT2D eigenvalue weighted by molar-refractivity contribution is -0.255. The zero-order chi connectivity index (χ0) is 25.1. The zero-order valence-corrected chi connectivity index (χ0v) is 19.2. The number of aryl methyl sites for hydroxylation is 1. The first-order valence-corrected chi connectivity index (χ1v) is 10.8. The number of hydrogen-bond acceptors (Lipinski definition) is 6. The number of carboxylic acid groups (broad SMARTS) is 1. The van der Waals surface area contributed by atoms with Gasteiger partial charge in [0.25, 0.3) is 11.8 Å². The van der Waals surface area contributed by atoms with Gasteiger partial charge in [0.2, 0.25) is 0 Å². The Labute approximate surface area is 205 Å². The minimum atomic E-state index is -1.27. The van der Waals surface area contributed by atoms with Crippen molar-refractivity contribution in [2.75, 3.05) is 4.90 Å². The van der Waals surface area contributed by atoms with Crippen molar-refractivity contribution in [3.8, 4) is 5.75 Å². The Balaban J connectivity index is 1.62. The van der Waals surface area contributed by atoms with E-state index in [9.17, 15) is 24.3 Å². The van der Waals surface area contributed by atoms with E-state index in [1.807, 2.05) is 0 Å². The maximum absolute atomic E-state index is 13.2. The number of rotatable bonds is 6. The number of nitrogens with zero attached hydrogens (tertiary/aromatic N) is 1. The standard InChI is InChI=1S/C26H19ClN2O6/c1-15-6-11-19(27)13-21(15)29-24(31)20(23(30)28-26(29)34)12-18-4-2-3-5-22(18)35-14-16-7-9-17(10-8-16)25(32)33/h2-13H,14H2,1H3,(H,32,33)(H,28,30,34)/p-1/b20-12-. The van der Waals surface area contributed by atoms with E-state index >= 15 is 0 Å². The van der Waals surface area contributed by atoms with Crippen molar-refractivity contribution in [2.45, 2.75) is 13.5 Å². The van der Waals surface area contributed by atoms with E-state index in [1.54, 1.807) is 55.5 Å². The number of barbiturate groups is 1. The van der Waals surface area contributed by atoms with Crippen molar-refractivity contribution in [3.63, 3.8) is 0 Å². The van der Waals surface area contributed by atoms with Crippen molar-refractivity contribution < 1.29 is 29.0 Å². The van der Waals surface area contributed by atoms with Crippen molar-refractivity contribution in [1.82, 2.24) is 5.32 Å². The van der Waals surface area contributed by atoms with Gasteiger partial charge in [0.15, 0.2) is 0 Å². The summed E-state index contributed by atoms with van der Waals surface area (Å²) in [6.07, 6.45) is 1.35. The molecular weight excluding hydrogens is 472 g/mol. The summed E-state index contributed by atoms with van der Waals surface area (Å²) in [5.74, 6) is -2.52. The second-order valence-electron chi connectivity index (χ2n) is 7.70. The molecule has 4 amide bonds. The highest BCUT2D eigenvalue weighted by molar-refractivity contribution is 6.39. The fraction of sp³-hybridized carbons (Fsp3) is 0.0769. The van der Waals surface area contributed by atoms with E-state index in [0.29, 0.717) is 27.5 Å². The van der Waals surface area contributed by atoms with Crippen molar-refractivity contribution >= 4 is 47.2 Å². The SMILES string of the molecule is Cc1ccc(Cl)cc1N1C(=O)NC(=O)/C(=C/c2ccccc2OCc2ccc(C(=O)[O-])cc2)C1=O. The van der Waals surface area contributed by atoms with Crippen molar-refractivity contribution in [3.05, 3.63) is 99.6 Å². The zero-order valence-electron chi connectivity index (χ0n) is 18.4. The molecule has 1 aliphatic heterocycles. The number of carbonyl (C=O) groups excluding carboxylic acids is 4. The fourth-order valence-electron chi connectivity index (χ4n) is 3.48. The number of ether oxygens (including phenoxy) is 1. The first-order valence-electron chi connectivity index (χ1n) is 10.4. The molecule has 176 valence electrons. The highest BCUT2D eigenvalue weighted by atomic mass is 35.5. The molecule has 0 aliphatic carbocycles. The summed E-state index contributed by atoms with van der Waals surface area (Å²) in [7, 11) is 0. The smallest absolute Gasteiger partial charge is 0.335 e. The second-order valence-corrected chi connectivity index (χ2v) is 8.14. The van der Waals surface area contributed by atoms with Gasteiger partial charge in [-0.1, -0.05) is 60.1 Å². The fourth-order valence-corrected chi connectivity index (χ4v) is 3.65. The van der Waals surface area contributed by atoms with Crippen molar-refractivity contribution in [2.24, 2.45) is 0 Å². The minimum absolute atomic E-state index is 0.0507. The van der Waals surface area contributed by atoms with Crippen LogP contribution in [0.1, 0.15) is 27.0 Å². The van der Waals surface area contributed by atoms with Crippen LogP contribution in [0.15, 0.2) is 72.3 Å². The maximum atomic E-state index is 13.2. The number of carbonyl (C=O) groups is 4. The number of anilines is 1. The van der Waals surface area contributed by atoms with Gasteiger partial charge in [0.05, 0.1) is 11.7 Å². The van der Waals surface area contributed by atoms with E-state index in [2.05, 4.69) is 5.32 Å². The lowest BCUT2D eigenvalue weighted by atomic mass is 10.0. The predicted molar refractivity (Wildman–Crippen MR) is 127 cm³/mol. The average Bonchev–Trinajstić information content (AvgIpc) is 2.83. The number of hydrogen-bond donors (Lipinski definition) is 1. The number of aromatic carboxylic acids is 1. The van der Waals surface area contributed by atoms with Gasteiger partial charge in [-0.15, -0.1) is 0 Å². The monoisotopic (exact) mass is 489 g/mol. The molecule has 3 aromatic rings. The topological polar surface area (TPSA) is 116 Å². The molecule has 1 heterocycles. The summed E-state index contributed by atoms with van der Waals surface area (Å²) in [4.78, 5) is 50.1. The molecule has 1 N–H and O–H groups in total. The van der Waals surface area contributed by atoms with Crippen molar-refractivity contribution in [1.29, 1.82) is 0 Å². The first-order chi connectivity index (χ1) is 16.7. The summed E-state index contributed by atoms with van der Waals surface area (Å²) in [6, 6.07) is 16.7. The third-order valence-corrected chi connectivity index (χ3v) is 5.55. The number of para-hydroxylation sites is 1. The van der Waals surface area contributed by atoms with E-state index in [0.717, 1.165) is 4.90 Å². The summed E-state index contributed by atoms with van der Waals surface area (Å²) in [6.45, 7) is 1.83. The van der Waals surface area contributed by atoms with Gasteiger partial charge in [-0.25, -0.2) is 9.69 Å². The van der Waals surface area contributed by atoms with Crippen LogP contribution in [0.3, 0.4) is 0 Å². The summed E-state index contributed by atoms with van der Waals surface area (Å²) < 4.78 is 5.85. The molecule has 0 atom stereocenters. The predicted octanol–water partition coefficient (Wildman–Crippen LogP) is 3.26. The van der Waals surface area contributed by atoms with E-state index in [-0.39, 0.29) is 23.4 Å². The van der Waals surface area contributed by atoms with Crippen LogP contribution in [-0.4, -0.2) is 23.8 Å². The molecule has 9 heteroatoms. The maximum Gasteiger partial charge on any atom is 0.335 e. The Morgan fingerprint density at radius 1 is 1.06 bits per heavy atom. The van der Waals surface area contributed by atoms with Crippen LogP contribution in [0.25, 0.3) is 6.08 Å². The lowest BCUT2D eigenvalue weighted by Gasteiger charge is -2.27. The third kappa shape index (κ3) is 5.07. The minimum Gasteiger partial charge on any atom is -0.545 e. The number of imide groups is 2. The Bertz CT molecular complexity index is 1380. The van der Waals surface area contributed by atoms with Crippen LogP contribution < -0.4 is 20.1 Å². The average molecular weight is 490 g/mol. The van der Waals surface area contributed by atoms with Crippen LogP contribution in [0.2, 0.25) is 5.02 Å². The van der Waals surface area contributed by atoms with Crippen LogP contribution in [-0.2, 0) is 16.2 Å². The Morgan fingerprint density at radius 3 is 2.49 bits per heavy atom. The first kappa shape index (κ1) is 23.7. The molecule has 0 spiro atoms. The number of benzene rings is 3. The van der Waals surface area contributed by atoms with Gasteiger partial charge in [-0.3, -0.25) is 14.9 Å². The Morgan fingerprint density at radius 2 is 1.77 bits per heavy atom. The van der Waals surface area contributed by atoms with Gasteiger partial charge in [-0.2, -0.15) is 0 Å². The van der Waals surface area contributed by atoms with Gasteiger partial charge in [0.1, 0.15) is 17.9 Å². The summed E-state index contributed by atoms with van der Waals surface area (Å²) >= 11 is 6.06. The van der Waals surface area contributed by atoms with Gasteiger partial charge >= 0.3 is 6.03 Å². The van der Waals surface area contributed by atoms with E-state index in [4.69, 9.17) is 16.3 Å². The van der Waals surface area contributed by atoms with Gasteiger partial charge < -0.3 is 14.6 Å². The molecule has 0 radical (unpaired) electrons. The number of urea groups is 1. The number of amides is 4. The summed E-state index contributed by atoms with van der Waals surface area (Å²) in [5, 5.41) is 13.4. The lowest BCUT2D eigenvalue weighted by Crippen LogP contribution is -2.54. The summed E-state index contributed by atoms with van der Waals surface area (Å²) in [5.41, 5.74) is 1.84. The highest BCUT2D eigenvalue weighted by Gasteiger charge is 2.37. The quantitative estimate of drug-likeness (QED) is 0.419. The van der Waals surface area contributed by atoms with Gasteiger partial charge in [-0.05, 0) is 47.9 Å². The van der Waals surface area contributed by atoms with Crippen LogP contribution in [0, 0.1) is 6.92 Å². The number of halogens is 1. The molecule has 4 rings (SSSR count). The number of nitrogens with one attached hydrogen (secondary N) is 1. The Kier molecular flexibility index (Phi) is 6.66. The molecule has 0 aromatic heterocycles. The van der Waals surface area contributed by atoms with Crippen LogP contribution in [0.5, 0.6) is 5.75 Å². The van der Waals surface area contributed by atoms with Gasteiger partial charge in [0, 0.05) is 10.6 Å². The molecule has 0 unspecified atom stereocenters. The molecule has 1 aliphatic rings. The normalized spacial score (nSPS) is 14.7. The van der Waals surface area contributed by atoms with E-state index < -0.39 is 23.8 Å². The molecule has 8 nitrogen and oxygen atoms in total.